The van der Waals surface area contributed by atoms with Gasteiger partial charge in [-0.25, -0.2) is 0 Å². The van der Waals surface area contributed by atoms with Crippen LogP contribution in [0.3, 0.4) is 0 Å². The molecule has 1 N–H and O–H groups in total. The summed E-state index contributed by atoms with van der Waals surface area (Å²) in [5.74, 6) is 0.740. The first kappa shape index (κ1) is 18.3. The molecule has 138 valence electrons. The van der Waals surface area contributed by atoms with E-state index in [-0.39, 0.29) is 12.0 Å². The molecule has 0 bridgehead atoms. The molecule has 2 aromatic rings. The topological polar surface area (TPSA) is 41.6 Å². The Hall–Kier alpha value is -2.49. The van der Waals surface area contributed by atoms with Gasteiger partial charge in [-0.1, -0.05) is 12.1 Å². The van der Waals surface area contributed by atoms with E-state index in [1.807, 2.05) is 26.0 Å². The standard InChI is InChI=1S/C22H28N2O2/c1-17(2)26-21-11-7-19(8-12-21)22(25)23-14-13-18-5-9-20(10-6-18)24-15-3-4-16-24/h5-12,17H,3-4,13-16H2,1-2H3,(H,23,25). The van der Waals surface area contributed by atoms with Crippen molar-refractivity contribution in [3.63, 3.8) is 0 Å². The molecule has 0 atom stereocenters. The normalized spacial score (nSPS) is 13.9. The van der Waals surface area contributed by atoms with Crippen LogP contribution in [-0.2, 0) is 6.42 Å². The monoisotopic (exact) mass is 352 g/mol. The predicted molar refractivity (Wildman–Crippen MR) is 106 cm³/mol. The van der Waals surface area contributed by atoms with Gasteiger partial charge >= 0.3 is 0 Å². The van der Waals surface area contributed by atoms with Gasteiger partial charge in [-0.3, -0.25) is 4.79 Å². The molecular weight excluding hydrogens is 324 g/mol. The zero-order chi connectivity index (χ0) is 18.4. The van der Waals surface area contributed by atoms with E-state index in [4.69, 9.17) is 4.74 Å². The first-order valence-electron chi connectivity index (χ1n) is 9.50. The molecule has 0 radical (unpaired) electrons. The fraction of sp³-hybridized carbons (Fsp3) is 0.409. The molecule has 2 aromatic carbocycles. The predicted octanol–water partition coefficient (Wildman–Crippen LogP) is 4.05. The Morgan fingerprint density at radius 1 is 1.04 bits per heavy atom. The highest BCUT2D eigenvalue weighted by molar-refractivity contribution is 5.94. The SMILES string of the molecule is CC(C)Oc1ccc(C(=O)NCCc2ccc(N3CCCC3)cc2)cc1. The molecule has 1 saturated heterocycles. The van der Waals surface area contributed by atoms with Crippen molar-refractivity contribution in [1.82, 2.24) is 5.32 Å². The summed E-state index contributed by atoms with van der Waals surface area (Å²) in [6.45, 7) is 6.93. The number of hydrogen-bond acceptors (Lipinski definition) is 3. The molecule has 26 heavy (non-hydrogen) atoms. The van der Waals surface area contributed by atoms with E-state index in [0.29, 0.717) is 12.1 Å². The molecule has 4 heteroatoms. The lowest BCUT2D eigenvalue weighted by atomic mass is 10.1. The van der Waals surface area contributed by atoms with Crippen molar-refractivity contribution < 1.29 is 9.53 Å². The minimum absolute atomic E-state index is 0.0465. The summed E-state index contributed by atoms with van der Waals surface area (Å²) in [6, 6.07) is 16.0. The smallest absolute Gasteiger partial charge is 0.251 e. The van der Waals surface area contributed by atoms with E-state index in [2.05, 4.69) is 34.5 Å². The summed E-state index contributed by atoms with van der Waals surface area (Å²) < 4.78 is 5.60. The zero-order valence-electron chi connectivity index (χ0n) is 15.7. The Kier molecular flexibility index (Phi) is 6.16. The molecule has 0 aliphatic carbocycles. The van der Waals surface area contributed by atoms with Crippen LogP contribution in [-0.4, -0.2) is 31.6 Å². The molecule has 3 rings (SSSR count). The number of anilines is 1. The van der Waals surface area contributed by atoms with Gasteiger partial charge in [0.25, 0.3) is 5.91 Å². The van der Waals surface area contributed by atoms with Crippen LogP contribution < -0.4 is 15.0 Å². The quantitative estimate of drug-likeness (QED) is 0.817. The van der Waals surface area contributed by atoms with Crippen LogP contribution in [0.25, 0.3) is 0 Å². The van der Waals surface area contributed by atoms with Gasteiger partial charge in [0.05, 0.1) is 6.10 Å². The molecule has 0 aromatic heterocycles. The van der Waals surface area contributed by atoms with Gasteiger partial charge in [-0.2, -0.15) is 0 Å². The average molecular weight is 352 g/mol. The number of benzene rings is 2. The Morgan fingerprint density at radius 3 is 2.31 bits per heavy atom. The number of nitrogens with one attached hydrogen (secondary N) is 1. The van der Waals surface area contributed by atoms with Gasteiger partial charge in [-0.15, -0.1) is 0 Å². The van der Waals surface area contributed by atoms with E-state index < -0.39 is 0 Å². The number of ether oxygens (including phenoxy) is 1. The van der Waals surface area contributed by atoms with Gasteiger partial charge in [0.2, 0.25) is 0 Å². The number of nitrogens with zero attached hydrogens (tertiary/aromatic N) is 1. The summed E-state index contributed by atoms with van der Waals surface area (Å²) >= 11 is 0. The van der Waals surface area contributed by atoms with Crippen LogP contribution in [0.4, 0.5) is 5.69 Å². The van der Waals surface area contributed by atoms with Crippen LogP contribution in [0.2, 0.25) is 0 Å². The maximum absolute atomic E-state index is 12.2. The molecule has 1 amide bonds. The zero-order valence-corrected chi connectivity index (χ0v) is 15.7. The van der Waals surface area contributed by atoms with Crippen LogP contribution in [0, 0.1) is 0 Å². The highest BCUT2D eigenvalue weighted by Crippen LogP contribution is 2.20. The lowest BCUT2D eigenvalue weighted by Crippen LogP contribution is -2.25. The summed E-state index contributed by atoms with van der Waals surface area (Å²) in [5.41, 5.74) is 3.21. The third-order valence-electron chi connectivity index (χ3n) is 4.60. The van der Waals surface area contributed by atoms with Crippen LogP contribution in [0.15, 0.2) is 48.5 Å². The van der Waals surface area contributed by atoms with Gasteiger partial charge in [0.15, 0.2) is 0 Å². The maximum Gasteiger partial charge on any atom is 0.251 e. The van der Waals surface area contributed by atoms with Gasteiger partial charge in [0.1, 0.15) is 5.75 Å². The van der Waals surface area contributed by atoms with Crippen molar-refractivity contribution in [3.05, 3.63) is 59.7 Å². The van der Waals surface area contributed by atoms with Crippen molar-refractivity contribution in [2.45, 2.75) is 39.2 Å². The Morgan fingerprint density at radius 2 is 1.69 bits per heavy atom. The summed E-state index contributed by atoms with van der Waals surface area (Å²) in [7, 11) is 0. The van der Waals surface area contributed by atoms with Crippen LogP contribution in [0.1, 0.15) is 42.6 Å². The number of carbonyl (C=O) groups excluding carboxylic acids is 1. The third-order valence-corrected chi connectivity index (χ3v) is 4.60. The van der Waals surface area contributed by atoms with Gasteiger partial charge in [-0.05, 0) is 75.1 Å². The van der Waals surface area contributed by atoms with Crippen molar-refractivity contribution in [2.75, 3.05) is 24.5 Å². The minimum Gasteiger partial charge on any atom is -0.491 e. The molecule has 0 saturated carbocycles. The lowest BCUT2D eigenvalue weighted by Gasteiger charge is -2.17. The van der Waals surface area contributed by atoms with E-state index in [9.17, 15) is 4.79 Å². The number of rotatable bonds is 7. The highest BCUT2D eigenvalue weighted by atomic mass is 16.5. The average Bonchev–Trinajstić information content (AvgIpc) is 3.17. The van der Waals surface area contributed by atoms with Crippen molar-refractivity contribution in [3.8, 4) is 5.75 Å². The number of amides is 1. The van der Waals surface area contributed by atoms with E-state index in [1.165, 1.54) is 24.1 Å². The second-order valence-electron chi connectivity index (χ2n) is 7.06. The molecule has 1 aliphatic heterocycles. The summed E-state index contributed by atoms with van der Waals surface area (Å²) in [4.78, 5) is 14.7. The number of carbonyl (C=O) groups is 1. The highest BCUT2D eigenvalue weighted by Gasteiger charge is 2.11. The number of hydrogen-bond donors (Lipinski definition) is 1. The maximum atomic E-state index is 12.2. The Bertz CT molecular complexity index is 702. The van der Waals surface area contributed by atoms with E-state index >= 15 is 0 Å². The third kappa shape index (κ3) is 5.01. The fourth-order valence-electron chi connectivity index (χ4n) is 3.23. The van der Waals surface area contributed by atoms with E-state index in [1.54, 1.807) is 12.1 Å². The molecule has 1 aliphatic rings. The van der Waals surface area contributed by atoms with E-state index in [0.717, 1.165) is 25.3 Å². The fourth-order valence-corrected chi connectivity index (χ4v) is 3.23. The molecule has 0 unspecified atom stereocenters. The second-order valence-corrected chi connectivity index (χ2v) is 7.06. The van der Waals surface area contributed by atoms with Gasteiger partial charge in [0, 0.05) is 30.9 Å². The minimum atomic E-state index is -0.0465. The van der Waals surface area contributed by atoms with Crippen LogP contribution in [0.5, 0.6) is 5.75 Å². The van der Waals surface area contributed by atoms with Crippen molar-refractivity contribution >= 4 is 11.6 Å². The lowest BCUT2D eigenvalue weighted by molar-refractivity contribution is 0.0954. The van der Waals surface area contributed by atoms with Crippen LogP contribution >= 0.6 is 0 Å². The second kappa shape index (κ2) is 8.75. The molecule has 1 heterocycles. The summed E-state index contributed by atoms with van der Waals surface area (Å²) in [6.07, 6.45) is 3.55. The molecule has 4 nitrogen and oxygen atoms in total. The van der Waals surface area contributed by atoms with Gasteiger partial charge < -0.3 is 15.0 Å². The molecule has 0 spiro atoms. The Labute approximate surface area is 156 Å². The largest absolute Gasteiger partial charge is 0.491 e. The first-order valence-corrected chi connectivity index (χ1v) is 9.50. The first-order chi connectivity index (χ1) is 12.6. The van der Waals surface area contributed by atoms with Crippen molar-refractivity contribution in [2.24, 2.45) is 0 Å². The van der Waals surface area contributed by atoms with Crippen molar-refractivity contribution in [1.29, 1.82) is 0 Å². The molecule has 1 fully saturated rings. The Balaban J connectivity index is 1.45. The molecular formula is C22H28N2O2. The summed E-state index contributed by atoms with van der Waals surface area (Å²) in [5, 5.41) is 2.99.